The maximum atomic E-state index is 4.91. The second-order valence-electron chi connectivity index (χ2n) is 7.39. The van der Waals surface area contributed by atoms with E-state index in [-0.39, 0.29) is 5.41 Å². The zero-order valence-corrected chi connectivity index (χ0v) is 15.6. The smallest absolute Gasteiger partial charge is 0.0694 e. The molecular weight excluding hydrogens is 292 g/mol. The molecule has 0 atom stereocenters. The van der Waals surface area contributed by atoms with Crippen LogP contribution in [0, 0.1) is 5.41 Å². The van der Waals surface area contributed by atoms with Gasteiger partial charge in [-0.2, -0.15) is 0 Å². The molecule has 0 aliphatic heterocycles. The molecule has 0 fully saturated rings. The third-order valence-electron chi connectivity index (χ3n) is 4.25. The lowest BCUT2D eigenvalue weighted by molar-refractivity contribution is 0.512. The molecule has 1 aromatic heterocycles. The van der Waals surface area contributed by atoms with Gasteiger partial charge in [0.05, 0.1) is 5.70 Å². The number of hydrogen-bond acceptors (Lipinski definition) is 2. The molecule has 2 rings (SSSR count). The van der Waals surface area contributed by atoms with Crippen LogP contribution in [0.3, 0.4) is 0 Å². The Bertz CT molecular complexity index is 723. The average Bonchev–Trinajstić information content (AvgIpc) is 2.54. The standard InChI is InChI=1S/C22H28N2/c1-16-9-7-11-20(18(3)22(4,5)6)21(16)24-17(2)12-13-19-10-8-14-23-15-19/h8,10-15H,3,7,9H2,1-2,4-6H3/b13-12+,24-17+. The van der Waals surface area contributed by atoms with E-state index in [4.69, 9.17) is 4.99 Å². The zero-order valence-electron chi connectivity index (χ0n) is 15.6. The van der Waals surface area contributed by atoms with E-state index in [1.807, 2.05) is 37.4 Å². The molecule has 2 heteroatoms. The average molecular weight is 320 g/mol. The number of rotatable bonds is 4. The predicted molar refractivity (Wildman–Crippen MR) is 105 cm³/mol. The highest BCUT2D eigenvalue weighted by atomic mass is 14.8. The Morgan fingerprint density at radius 3 is 2.71 bits per heavy atom. The second-order valence-corrected chi connectivity index (χ2v) is 7.39. The van der Waals surface area contributed by atoms with Crippen molar-refractivity contribution in [3.8, 4) is 0 Å². The van der Waals surface area contributed by atoms with E-state index >= 15 is 0 Å². The van der Waals surface area contributed by atoms with Crippen molar-refractivity contribution < 1.29 is 0 Å². The summed E-state index contributed by atoms with van der Waals surface area (Å²) in [6.45, 7) is 15.2. The quantitative estimate of drug-likeness (QED) is 0.610. The summed E-state index contributed by atoms with van der Waals surface area (Å²) in [6.07, 6.45) is 12.2. The van der Waals surface area contributed by atoms with Crippen molar-refractivity contribution in [2.45, 2.75) is 47.5 Å². The minimum absolute atomic E-state index is 0.0453. The molecule has 0 radical (unpaired) electrons. The van der Waals surface area contributed by atoms with Gasteiger partial charge in [-0.3, -0.25) is 9.98 Å². The molecule has 0 amide bonds. The number of nitrogens with zero attached hydrogens (tertiary/aromatic N) is 2. The molecule has 0 N–H and O–H groups in total. The van der Waals surface area contributed by atoms with Crippen LogP contribution >= 0.6 is 0 Å². The summed E-state index contributed by atoms with van der Waals surface area (Å²) in [5, 5.41) is 0. The molecule has 1 aliphatic rings. The molecule has 0 saturated carbocycles. The second kappa shape index (κ2) is 7.57. The highest BCUT2D eigenvalue weighted by Crippen LogP contribution is 2.38. The molecule has 24 heavy (non-hydrogen) atoms. The van der Waals surface area contributed by atoms with Crippen LogP contribution in [0.15, 0.2) is 70.7 Å². The SMILES string of the molecule is C=C(C1=CCCC(C)=C1/N=C(C)/C=C/c1cccnc1)C(C)(C)C. The van der Waals surface area contributed by atoms with Gasteiger partial charge >= 0.3 is 0 Å². The topological polar surface area (TPSA) is 25.2 Å². The molecule has 0 aromatic carbocycles. The van der Waals surface area contributed by atoms with Crippen LogP contribution in [-0.4, -0.2) is 10.7 Å². The highest BCUT2D eigenvalue weighted by Gasteiger charge is 2.23. The fourth-order valence-electron chi connectivity index (χ4n) is 2.61. The highest BCUT2D eigenvalue weighted by molar-refractivity contribution is 5.97. The summed E-state index contributed by atoms with van der Waals surface area (Å²) in [5.74, 6) is 0. The van der Waals surface area contributed by atoms with Crippen LogP contribution in [0.1, 0.15) is 53.0 Å². The van der Waals surface area contributed by atoms with Gasteiger partial charge in [-0.15, -0.1) is 0 Å². The largest absolute Gasteiger partial charge is 0.264 e. The van der Waals surface area contributed by atoms with E-state index in [0.29, 0.717) is 0 Å². The van der Waals surface area contributed by atoms with Crippen molar-refractivity contribution in [1.82, 2.24) is 4.98 Å². The van der Waals surface area contributed by atoms with Gasteiger partial charge in [0.15, 0.2) is 0 Å². The van der Waals surface area contributed by atoms with Crippen molar-refractivity contribution >= 4 is 11.8 Å². The maximum Gasteiger partial charge on any atom is 0.0694 e. The van der Waals surface area contributed by atoms with E-state index in [0.717, 1.165) is 35.4 Å². The lowest BCUT2D eigenvalue weighted by Gasteiger charge is -2.27. The monoisotopic (exact) mass is 320 g/mol. The molecule has 126 valence electrons. The molecule has 0 unspecified atom stereocenters. The van der Waals surface area contributed by atoms with Gasteiger partial charge in [-0.25, -0.2) is 0 Å². The van der Waals surface area contributed by atoms with Crippen molar-refractivity contribution in [1.29, 1.82) is 0 Å². The van der Waals surface area contributed by atoms with E-state index in [9.17, 15) is 0 Å². The van der Waals surface area contributed by atoms with E-state index < -0.39 is 0 Å². The number of allylic oxidation sites excluding steroid dienone is 4. The third kappa shape index (κ3) is 4.64. The van der Waals surface area contributed by atoms with Gasteiger partial charge in [0.2, 0.25) is 0 Å². The molecule has 1 heterocycles. The van der Waals surface area contributed by atoms with Gasteiger partial charge in [0.25, 0.3) is 0 Å². The van der Waals surface area contributed by atoms with Crippen molar-refractivity contribution in [3.63, 3.8) is 0 Å². The molecule has 0 bridgehead atoms. The first-order chi connectivity index (χ1) is 11.3. The summed E-state index contributed by atoms with van der Waals surface area (Å²) in [4.78, 5) is 9.04. The Labute approximate surface area is 146 Å². The summed E-state index contributed by atoms with van der Waals surface area (Å²) in [6, 6.07) is 3.98. The molecule has 2 nitrogen and oxygen atoms in total. The lowest BCUT2D eigenvalue weighted by Crippen LogP contribution is -2.14. The molecule has 0 saturated heterocycles. The summed E-state index contributed by atoms with van der Waals surface area (Å²) < 4.78 is 0. The third-order valence-corrected chi connectivity index (χ3v) is 4.25. The number of hydrogen-bond donors (Lipinski definition) is 0. The summed E-state index contributed by atoms with van der Waals surface area (Å²) >= 11 is 0. The molecule has 0 spiro atoms. The van der Waals surface area contributed by atoms with Gasteiger partial charge in [-0.1, -0.05) is 45.6 Å². The minimum Gasteiger partial charge on any atom is -0.264 e. The van der Waals surface area contributed by atoms with Gasteiger partial charge in [0.1, 0.15) is 0 Å². The van der Waals surface area contributed by atoms with Crippen LogP contribution in [0.2, 0.25) is 0 Å². The Balaban J connectivity index is 2.29. The zero-order chi connectivity index (χ0) is 17.7. The normalized spacial score (nSPS) is 16.5. The molecule has 1 aromatic rings. The Morgan fingerprint density at radius 2 is 2.08 bits per heavy atom. The number of pyridine rings is 1. The van der Waals surface area contributed by atoms with Crippen LogP contribution in [0.25, 0.3) is 6.08 Å². The maximum absolute atomic E-state index is 4.91. The summed E-state index contributed by atoms with van der Waals surface area (Å²) in [5.41, 5.74) is 6.91. The van der Waals surface area contributed by atoms with Gasteiger partial charge in [0, 0.05) is 18.1 Å². The fourth-order valence-corrected chi connectivity index (χ4v) is 2.61. The van der Waals surface area contributed by atoms with E-state index in [1.54, 1.807) is 6.20 Å². The lowest BCUT2D eigenvalue weighted by atomic mass is 9.79. The minimum atomic E-state index is 0.0453. The fraction of sp³-hybridized carbons (Fsp3) is 0.364. The van der Waals surface area contributed by atoms with Crippen LogP contribution in [-0.2, 0) is 0 Å². The Hall–Kier alpha value is -2.22. The molecule has 1 aliphatic carbocycles. The van der Waals surface area contributed by atoms with Crippen LogP contribution in [0.4, 0.5) is 0 Å². The van der Waals surface area contributed by atoms with Crippen LogP contribution < -0.4 is 0 Å². The van der Waals surface area contributed by atoms with Crippen molar-refractivity contribution in [2.75, 3.05) is 0 Å². The van der Waals surface area contributed by atoms with Crippen molar-refractivity contribution in [2.24, 2.45) is 10.4 Å². The first-order valence-electron chi connectivity index (χ1n) is 8.52. The Morgan fingerprint density at radius 1 is 1.33 bits per heavy atom. The summed E-state index contributed by atoms with van der Waals surface area (Å²) in [7, 11) is 0. The van der Waals surface area contributed by atoms with Gasteiger partial charge < -0.3 is 0 Å². The first-order valence-corrected chi connectivity index (χ1v) is 8.52. The van der Waals surface area contributed by atoms with Gasteiger partial charge in [-0.05, 0) is 66.5 Å². The molecular formula is C22H28N2. The predicted octanol–water partition coefficient (Wildman–Crippen LogP) is 6.15. The Kier molecular flexibility index (Phi) is 5.71. The van der Waals surface area contributed by atoms with Crippen LogP contribution in [0.5, 0.6) is 0 Å². The van der Waals surface area contributed by atoms with E-state index in [1.165, 1.54) is 11.1 Å². The van der Waals surface area contributed by atoms with Crippen molar-refractivity contribution in [3.05, 3.63) is 71.2 Å². The number of aliphatic imine (C=N–C) groups is 1. The van der Waals surface area contributed by atoms with E-state index in [2.05, 4.69) is 45.3 Å². The first kappa shape index (κ1) is 18.1. The number of aromatic nitrogens is 1.